The molecule has 0 aliphatic carbocycles. The van der Waals surface area contributed by atoms with Crippen LogP contribution in [0.25, 0.3) is 74.4 Å². The summed E-state index contributed by atoms with van der Waals surface area (Å²) in [5.74, 6) is 0. The lowest BCUT2D eigenvalue weighted by atomic mass is 9.94. The van der Waals surface area contributed by atoms with Crippen LogP contribution in [0.2, 0.25) is 0 Å². The number of nitrogens with zero attached hydrogens (tertiary/aromatic N) is 1. The van der Waals surface area contributed by atoms with Gasteiger partial charge in [0.05, 0.1) is 5.69 Å². The quantitative estimate of drug-likeness (QED) is 0.176. The smallest absolute Gasteiger partial charge is 0.0546 e. The summed E-state index contributed by atoms with van der Waals surface area (Å²) in [6.07, 6.45) is 0. The van der Waals surface area contributed by atoms with Crippen LogP contribution in [0.1, 0.15) is 0 Å². The Bertz CT molecular complexity index is 2840. The van der Waals surface area contributed by atoms with Crippen LogP contribution in [0, 0.1) is 0 Å². The Morgan fingerprint density at radius 3 is 1.79 bits per heavy atom. The van der Waals surface area contributed by atoms with Gasteiger partial charge in [-0.1, -0.05) is 133 Å². The number of hydrogen-bond donors (Lipinski definition) is 0. The largest absolute Gasteiger partial charge is 0.310 e. The zero-order valence-corrected chi connectivity index (χ0v) is 26.9. The van der Waals surface area contributed by atoms with Gasteiger partial charge in [-0.25, -0.2) is 0 Å². The van der Waals surface area contributed by atoms with Gasteiger partial charge in [0.2, 0.25) is 0 Å². The maximum Gasteiger partial charge on any atom is 0.0546 e. The van der Waals surface area contributed by atoms with Crippen molar-refractivity contribution in [3.05, 3.63) is 176 Å². The summed E-state index contributed by atoms with van der Waals surface area (Å²) in [6, 6.07) is 64.6. The molecule has 0 aliphatic rings. The van der Waals surface area contributed by atoms with Gasteiger partial charge in [-0.15, -0.1) is 11.3 Å². The van der Waals surface area contributed by atoms with Gasteiger partial charge in [-0.05, 0) is 91.3 Å². The highest BCUT2D eigenvalue weighted by Gasteiger charge is 2.20. The molecule has 0 fully saturated rings. The van der Waals surface area contributed by atoms with Gasteiger partial charge in [0.15, 0.2) is 0 Å². The zero-order valence-electron chi connectivity index (χ0n) is 26.1. The van der Waals surface area contributed by atoms with Crippen LogP contribution in [0.3, 0.4) is 0 Å². The first-order valence-electron chi connectivity index (χ1n) is 16.4. The maximum atomic E-state index is 2.45. The lowest BCUT2D eigenvalue weighted by Crippen LogP contribution is -2.10. The number of hydrogen-bond acceptors (Lipinski definition) is 2. The minimum atomic E-state index is 1.13. The molecule has 224 valence electrons. The third-order valence-corrected chi connectivity index (χ3v) is 11.0. The lowest BCUT2D eigenvalue weighted by molar-refractivity contribution is 1.31. The fourth-order valence-electron chi connectivity index (χ4n) is 7.59. The average Bonchev–Trinajstić information content (AvgIpc) is 3.53. The highest BCUT2D eigenvalue weighted by Crippen LogP contribution is 2.46. The molecule has 2 heteroatoms. The second-order valence-corrected chi connectivity index (χ2v) is 13.6. The van der Waals surface area contributed by atoms with Crippen molar-refractivity contribution in [3.8, 4) is 11.1 Å². The van der Waals surface area contributed by atoms with Gasteiger partial charge in [0, 0.05) is 36.9 Å². The molecule has 0 unspecified atom stereocenters. The minimum Gasteiger partial charge on any atom is -0.310 e. The van der Waals surface area contributed by atoms with Crippen molar-refractivity contribution in [2.45, 2.75) is 0 Å². The Morgan fingerprint density at radius 2 is 0.958 bits per heavy atom. The standard InChI is InChI=1S/C46H29NS/c1-3-13-36-30(10-1)12-9-18-37(36)32-22-24-34(25-23-32)47(35-26-27-45-42(29-35)40-16-7-8-19-44(40)48-45)43-28-33-21-20-31-11-2-4-14-38(31)46(33)41-17-6-5-15-39(41)43/h1-29H. The predicted molar refractivity (Wildman–Crippen MR) is 209 cm³/mol. The SMILES string of the molecule is c1ccc2c(-c3ccc(N(c4ccc5sc6ccccc6c5c4)c4cc5ccc6ccccc6c5c5ccccc45)cc3)cccc2c1. The summed E-state index contributed by atoms with van der Waals surface area (Å²) in [4.78, 5) is 2.45. The molecular formula is C46H29NS. The molecule has 48 heavy (non-hydrogen) atoms. The van der Waals surface area contributed by atoms with Crippen molar-refractivity contribution in [3.63, 3.8) is 0 Å². The van der Waals surface area contributed by atoms with E-state index in [-0.39, 0.29) is 0 Å². The fraction of sp³-hybridized carbons (Fsp3) is 0. The van der Waals surface area contributed by atoms with Crippen LogP contribution in [-0.2, 0) is 0 Å². The molecule has 10 aromatic rings. The van der Waals surface area contributed by atoms with Gasteiger partial charge in [-0.3, -0.25) is 0 Å². The lowest BCUT2D eigenvalue weighted by Gasteiger charge is -2.28. The van der Waals surface area contributed by atoms with Crippen LogP contribution in [-0.4, -0.2) is 0 Å². The molecule has 9 aromatic carbocycles. The highest BCUT2D eigenvalue weighted by molar-refractivity contribution is 7.25. The van der Waals surface area contributed by atoms with E-state index >= 15 is 0 Å². The molecule has 0 atom stereocenters. The predicted octanol–water partition coefficient (Wildman–Crippen LogP) is 13.8. The van der Waals surface area contributed by atoms with E-state index in [2.05, 4.69) is 181 Å². The van der Waals surface area contributed by atoms with E-state index < -0.39 is 0 Å². The normalized spacial score (nSPS) is 11.8. The molecule has 0 N–H and O–H groups in total. The van der Waals surface area contributed by atoms with E-state index in [1.807, 2.05) is 11.3 Å². The van der Waals surface area contributed by atoms with E-state index in [4.69, 9.17) is 0 Å². The summed E-state index contributed by atoms with van der Waals surface area (Å²) < 4.78 is 2.62. The molecular weight excluding hydrogens is 599 g/mol. The first-order valence-corrected chi connectivity index (χ1v) is 17.2. The summed E-state index contributed by atoms with van der Waals surface area (Å²) in [5, 5.41) is 12.7. The summed E-state index contributed by atoms with van der Waals surface area (Å²) in [6.45, 7) is 0. The Labute approximate surface area is 282 Å². The molecule has 1 heterocycles. The summed E-state index contributed by atoms with van der Waals surface area (Å²) in [5.41, 5.74) is 5.91. The molecule has 1 aromatic heterocycles. The second-order valence-electron chi connectivity index (χ2n) is 12.5. The van der Waals surface area contributed by atoms with Crippen LogP contribution >= 0.6 is 11.3 Å². The number of anilines is 3. The van der Waals surface area contributed by atoms with Crippen LogP contribution in [0.15, 0.2) is 176 Å². The summed E-state index contributed by atoms with van der Waals surface area (Å²) in [7, 11) is 0. The number of benzene rings is 9. The zero-order chi connectivity index (χ0) is 31.6. The third kappa shape index (κ3) is 4.24. The maximum absolute atomic E-state index is 2.45. The van der Waals surface area contributed by atoms with Crippen molar-refractivity contribution in [2.75, 3.05) is 4.90 Å². The van der Waals surface area contributed by atoms with E-state index in [0.29, 0.717) is 0 Å². The average molecular weight is 628 g/mol. The first-order chi connectivity index (χ1) is 23.8. The summed E-state index contributed by atoms with van der Waals surface area (Å²) >= 11 is 1.86. The van der Waals surface area contributed by atoms with E-state index in [9.17, 15) is 0 Å². The third-order valence-electron chi connectivity index (χ3n) is 9.81. The molecule has 0 amide bonds. The van der Waals surface area contributed by atoms with Crippen molar-refractivity contribution in [2.24, 2.45) is 0 Å². The Hall–Kier alpha value is -5.96. The molecule has 0 radical (unpaired) electrons. The van der Waals surface area contributed by atoms with E-state index in [0.717, 1.165) is 11.4 Å². The monoisotopic (exact) mass is 627 g/mol. The van der Waals surface area contributed by atoms with Gasteiger partial charge in [0.25, 0.3) is 0 Å². The minimum absolute atomic E-state index is 1.13. The van der Waals surface area contributed by atoms with Crippen LogP contribution in [0.4, 0.5) is 17.1 Å². The number of rotatable bonds is 4. The first kappa shape index (κ1) is 27.2. The van der Waals surface area contributed by atoms with Gasteiger partial charge < -0.3 is 4.90 Å². The van der Waals surface area contributed by atoms with Gasteiger partial charge >= 0.3 is 0 Å². The fourth-order valence-corrected chi connectivity index (χ4v) is 8.68. The topological polar surface area (TPSA) is 3.24 Å². The Balaban J connectivity index is 1.23. The molecule has 0 spiro atoms. The van der Waals surface area contributed by atoms with Crippen molar-refractivity contribution in [1.29, 1.82) is 0 Å². The molecule has 0 saturated heterocycles. The number of fused-ring (bicyclic) bond motifs is 9. The Kier molecular flexibility index (Phi) is 6.12. The molecule has 1 nitrogen and oxygen atoms in total. The van der Waals surface area contributed by atoms with Crippen molar-refractivity contribution in [1.82, 2.24) is 0 Å². The van der Waals surface area contributed by atoms with E-state index in [1.165, 1.54) is 80.1 Å². The van der Waals surface area contributed by atoms with Crippen LogP contribution < -0.4 is 4.90 Å². The van der Waals surface area contributed by atoms with Crippen LogP contribution in [0.5, 0.6) is 0 Å². The number of thiophene rings is 1. The van der Waals surface area contributed by atoms with Crippen molar-refractivity contribution < 1.29 is 0 Å². The van der Waals surface area contributed by atoms with Gasteiger partial charge in [-0.2, -0.15) is 0 Å². The second kappa shape index (κ2) is 10.8. The van der Waals surface area contributed by atoms with E-state index in [1.54, 1.807) is 0 Å². The van der Waals surface area contributed by atoms with Gasteiger partial charge in [0.1, 0.15) is 0 Å². The molecule has 0 saturated carbocycles. The molecule has 0 bridgehead atoms. The molecule has 10 rings (SSSR count). The van der Waals surface area contributed by atoms with Crippen molar-refractivity contribution >= 4 is 91.7 Å². The molecule has 0 aliphatic heterocycles. The Morgan fingerprint density at radius 1 is 0.354 bits per heavy atom. The highest BCUT2D eigenvalue weighted by atomic mass is 32.1.